The second-order valence-corrected chi connectivity index (χ2v) is 8.39. The second kappa shape index (κ2) is 10.7. The quantitative estimate of drug-likeness (QED) is 0.365. The van der Waals surface area contributed by atoms with Gasteiger partial charge in [0.1, 0.15) is 23.1 Å². The molecule has 0 atom stereocenters. The van der Waals surface area contributed by atoms with Crippen LogP contribution in [-0.2, 0) is 30.4 Å². The number of hydrogen-bond donors (Lipinski definition) is 1. The Hall–Kier alpha value is -3.07. The van der Waals surface area contributed by atoms with Gasteiger partial charge in [-0.25, -0.2) is 9.78 Å². The van der Waals surface area contributed by atoms with E-state index in [4.69, 9.17) is 14.6 Å². The molecule has 0 fully saturated rings. The van der Waals surface area contributed by atoms with Crippen LogP contribution in [-0.4, -0.2) is 22.7 Å². The fourth-order valence-electron chi connectivity index (χ4n) is 3.24. The van der Waals surface area contributed by atoms with E-state index in [0.29, 0.717) is 34.9 Å². The Morgan fingerprint density at radius 2 is 1.82 bits per heavy atom. The smallest absolute Gasteiger partial charge is 0.416 e. The molecule has 0 aliphatic rings. The maximum Gasteiger partial charge on any atom is 0.416 e. The van der Waals surface area contributed by atoms with Gasteiger partial charge in [0.05, 0.1) is 16.1 Å². The zero-order valence-electron chi connectivity index (χ0n) is 18.2. The first-order valence-corrected chi connectivity index (χ1v) is 11.3. The van der Waals surface area contributed by atoms with Gasteiger partial charge in [-0.15, -0.1) is 11.3 Å². The number of benzene rings is 2. The largest absolute Gasteiger partial charge is 0.488 e. The molecule has 0 saturated heterocycles. The van der Waals surface area contributed by atoms with E-state index in [1.807, 2.05) is 19.9 Å². The van der Waals surface area contributed by atoms with Crippen molar-refractivity contribution >= 4 is 17.3 Å². The molecule has 0 spiro atoms. The molecule has 3 aromatic rings. The van der Waals surface area contributed by atoms with Gasteiger partial charge in [-0.2, -0.15) is 13.2 Å². The fourth-order valence-corrected chi connectivity index (χ4v) is 4.31. The van der Waals surface area contributed by atoms with Gasteiger partial charge >= 0.3 is 12.1 Å². The van der Waals surface area contributed by atoms with E-state index in [9.17, 15) is 18.0 Å². The Balaban J connectivity index is 1.75. The summed E-state index contributed by atoms with van der Waals surface area (Å²) >= 11 is 1.39. The molecule has 0 aliphatic carbocycles. The summed E-state index contributed by atoms with van der Waals surface area (Å²) < 4.78 is 49.8. The summed E-state index contributed by atoms with van der Waals surface area (Å²) in [5.74, 6) is 0.0924. The molecule has 1 heterocycles. The van der Waals surface area contributed by atoms with Crippen LogP contribution in [0.3, 0.4) is 0 Å². The minimum absolute atomic E-state index is 0.266. The van der Waals surface area contributed by atoms with Crippen molar-refractivity contribution in [3.05, 3.63) is 64.2 Å². The number of carbonyl (C=O) groups is 1. The van der Waals surface area contributed by atoms with Gasteiger partial charge in [0, 0.05) is 5.56 Å². The lowest BCUT2D eigenvalue weighted by Crippen LogP contribution is -2.10. The number of thiazole rings is 1. The molecule has 1 aromatic heterocycles. The van der Waals surface area contributed by atoms with Crippen LogP contribution >= 0.6 is 11.3 Å². The number of aromatic nitrogens is 1. The molecule has 9 heteroatoms. The Labute approximate surface area is 193 Å². The molecule has 0 saturated carbocycles. The highest BCUT2D eigenvalue weighted by atomic mass is 32.1. The normalized spacial score (nSPS) is 11.4. The average Bonchev–Trinajstić information content (AvgIpc) is 3.20. The fraction of sp³-hybridized carbons (Fsp3) is 0.333. The van der Waals surface area contributed by atoms with E-state index >= 15 is 0 Å². The first-order chi connectivity index (χ1) is 15.7. The molecule has 33 heavy (non-hydrogen) atoms. The first-order valence-electron chi connectivity index (χ1n) is 10.5. The van der Waals surface area contributed by atoms with Gasteiger partial charge in [0.15, 0.2) is 6.61 Å². The van der Waals surface area contributed by atoms with Crippen molar-refractivity contribution in [2.24, 2.45) is 0 Å². The molecule has 5 nitrogen and oxygen atoms in total. The van der Waals surface area contributed by atoms with Crippen molar-refractivity contribution in [3.8, 4) is 22.1 Å². The number of ether oxygens (including phenoxy) is 2. The van der Waals surface area contributed by atoms with Crippen LogP contribution in [0.4, 0.5) is 13.2 Å². The Kier molecular flexibility index (Phi) is 7.97. The predicted octanol–water partition coefficient (Wildman–Crippen LogP) is 6.39. The van der Waals surface area contributed by atoms with Crippen molar-refractivity contribution in [2.75, 3.05) is 6.61 Å². The van der Waals surface area contributed by atoms with Crippen molar-refractivity contribution in [3.63, 3.8) is 0 Å². The third kappa shape index (κ3) is 6.47. The lowest BCUT2D eigenvalue weighted by Gasteiger charge is -2.12. The summed E-state index contributed by atoms with van der Waals surface area (Å²) in [6.07, 6.45) is -2.14. The number of carboxylic acid groups (broad SMARTS) is 1. The van der Waals surface area contributed by atoms with E-state index in [1.165, 1.54) is 23.5 Å². The van der Waals surface area contributed by atoms with E-state index in [2.05, 4.69) is 4.98 Å². The van der Waals surface area contributed by atoms with Gasteiger partial charge in [0.25, 0.3) is 0 Å². The summed E-state index contributed by atoms with van der Waals surface area (Å²) in [4.78, 5) is 16.3. The van der Waals surface area contributed by atoms with Crippen LogP contribution in [0.15, 0.2) is 42.5 Å². The van der Waals surface area contributed by atoms with Gasteiger partial charge in [-0.3, -0.25) is 0 Å². The molecular formula is C24H24F3NO4S. The summed E-state index contributed by atoms with van der Waals surface area (Å²) in [5.41, 5.74) is 1.63. The summed E-state index contributed by atoms with van der Waals surface area (Å²) in [6.45, 7) is 3.83. The molecule has 0 radical (unpaired) electrons. The Morgan fingerprint density at radius 3 is 2.42 bits per heavy atom. The monoisotopic (exact) mass is 479 g/mol. The van der Waals surface area contributed by atoms with Crippen LogP contribution in [0.25, 0.3) is 10.6 Å². The maximum atomic E-state index is 12.8. The van der Waals surface area contributed by atoms with E-state index in [0.717, 1.165) is 34.7 Å². The van der Waals surface area contributed by atoms with Crippen molar-refractivity contribution in [1.82, 2.24) is 4.98 Å². The van der Waals surface area contributed by atoms with Crippen molar-refractivity contribution in [1.29, 1.82) is 0 Å². The van der Waals surface area contributed by atoms with E-state index in [-0.39, 0.29) is 6.61 Å². The molecule has 0 bridgehead atoms. The lowest BCUT2D eigenvalue weighted by molar-refractivity contribution is -0.139. The number of halogens is 3. The molecule has 0 unspecified atom stereocenters. The summed E-state index contributed by atoms with van der Waals surface area (Å²) in [7, 11) is 0. The molecule has 0 amide bonds. The van der Waals surface area contributed by atoms with Crippen LogP contribution in [0.1, 0.15) is 42.0 Å². The van der Waals surface area contributed by atoms with Crippen LogP contribution in [0.5, 0.6) is 11.5 Å². The third-order valence-electron chi connectivity index (χ3n) is 4.84. The number of aliphatic carboxylic acids is 1. The number of alkyl halides is 3. The van der Waals surface area contributed by atoms with Gasteiger partial charge in [0.2, 0.25) is 0 Å². The molecular weight excluding hydrogens is 455 g/mol. The Bertz CT molecular complexity index is 1090. The minimum Gasteiger partial charge on any atom is -0.488 e. The molecule has 0 aliphatic heterocycles. The second-order valence-electron chi connectivity index (χ2n) is 7.31. The highest BCUT2D eigenvalue weighted by molar-refractivity contribution is 7.15. The SMILES string of the molecule is CCCc1cc(OCc2sc(-c3ccc(C(F)(F)F)cc3)nc2CC)ccc1OCC(=O)O. The standard InChI is InChI=1S/C24H24F3NO4S/c1-3-5-16-12-18(10-11-20(16)32-14-22(29)30)31-13-21-19(4-2)28-23(33-21)15-6-8-17(9-7-15)24(25,26)27/h6-12H,3-5,13-14H2,1-2H3,(H,29,30). The zero-order valence-corrected chi connectivity index (χ0v) is 19.1. The summed E-state index contributed by atoms with van der Waals surface area (Å²) in [6, 6.07) is 10.2. The number of aryl methyl sites for hydroxylation is 2. The third-order valence-corrected chi connectivity index (χ3v) is 5.96. The van der Waals surface area contributed by atoms with E-state index in [1.54, 1.807) is 12.1 Å². The van der Waals surface area contributed by atoms with Crippen LogP contribution < -0.4 is 9.47 Å². The zero-order chi connectivity index (χ0) is 24.0. The highest BCUT2D eigenvalue weighted by Gasteiger charge is 2.30. The number of hydrogen-bond acceptors (Lipinski definition) is 5. The van der Waals surface area contributed by atoms with Crippen molar-refractivity contribution in [2.45, 2.75) is 45.9 Å². The topological polar surface area (TPSA) is 68.7 Å². The molecule has 1 N–H and O–H groups in total. The van der Waals surface area contributed by atoms with E-state index < -0.39 is 24.3 Å². The lowest BCUT2D eigenvalue weighted by atomic mass is 10.1. The number of rotatable bonds is 10. The van der Waals surface area contributed by atoms with Gasteiger partial charge in [-0.05, 0) is 48.7 Å². The molecule has 3 rings (SSSR count). The predicted molar refractivity (Wildman–Crippen MR) is 120 cm³/mol. The minimum atomic E-state index is -4.38. The highest BCUT2D eigenvalue weighted by Crippen LogP contribution is 2.34. The number of carboxylic acids is 1. The van der Waals surface area contributed by atoms with Crippen LogP contribution in [0, 0.1) is 0 Å². The van der Waals surface area contributed by atoms with Gasteiger partial charge in [-0.1, -0.05) is 32.4 Å². The average molecular weight is 480 g/mol. The molecule has 176 valence electrons. The molecule has 2 aromatic carbocycles. The summed E-state index contributed by atoms with van der Waals surface area (Å²) in [5, 5.41) is 9.48. The maximum absolute atomic E-state index is 12.8. The number of nitrogens with zero attached hydrogens (tertiary/aromatic N) is 1. The van der Waals surface area contributed by atoms with Gasteiger partial charge < -0.3 is 14.6 Å². The van der Waals surface area contributed by atoms with Crippen molar-refractivity contribution < 1.29 is 32.5 Å². The van der Waals surface area contributed by atoms with Crippen LogP contribution in [0.2, 0.25) is 0 Å². The Morgan fingerprint density at radius 1 is 1.09 bits per heavy atom. The first kappa shape index (κ1) is 24.6.